The lowest BCUT2D eigenvalue weighted by atomic mass is 10.1. The van der Waals surface area contributed by atoms with Gasteiger partial charge >= 0.3 is 0 Å². The molecule has 0 fully saturated rings. The number of hydrogen-bond donors (Lipinski definition) is 1. The maximum Gasteiger partial charge on any atom is 0.178 e. The molecule has 1 aromatic carbocycles. The van der Waals surface area contributed by atoms with Crippen LogP contribution in [0.25, 0.3) is 0 Å². The van der Waals surface area contributed by atoms with Crippen molar-refractivity contribution in [3.63, 3.8) is 0 Å². The highest BCUT2D eigenvalue weighted by Gasteiger charge is 2.04. The minimum atomic E-state index is 0.614. The van der Waals surface area contributed by atoms with E-state index in [1.54, 1.807) is 17.3 Å². The second kappa shape index (κ2) is 5.63. The lowest BCUT2D eigenvalue weighted by molar-refractivity contribution is 0.966. The van der Waals surface area contributed by atoms with Crippen LogP contribution >= 0.6 is 34.7 Å². The van der Waals surface area contributed by atoms with Gasteiger partial charge in [0.15, 0.2) is 4.34 Å². The standard InChI is InChI=1S/C10H10ClN3S2/c11-9-5-8(2-1-7(9)3-4-12)16-10-14-13-6-15-10/h1-2,5-6H,3-4,12H2. The first-order chi connectivity index (χ1) is 7.79. The molecule has 6 heteroatoms. The SMILES string of the molecule is NCCc1ccc(Sc2nncs2)cc1Cl. The van der Waals surface area contributed by atoms with E-state index >= 15 is 0 Å². The van der Waals surface area contributed by atoms with Crippen LogP contribution < -0.4 is 5.73 Å². The fourth-order valence-corrected chi connectivity index (χ4v) is 3.09. The first-order valence-corrected chi connectivity index (χ1v) is 6.79. The Kier molecular flexibility index (Phi) is 4.17. The molecule has 0 aliphatic heterocycles. The normalized spacial score (nSPS) is 10.6. The summed E-state index contributed by atoms with van der Waals surface area (Å²) in [6, 6.07) is 5.99. The highest BCUT2D eigenvalue weighted by Crippen LogP contribution is 2.31. The molecule has 0 saturated carbocycles. The van der Waals surface area contributed by atoms with E-state index in [2.05, 4.69) is 10.2 Å². The van der Waals surface area contributed by atoms with Crippen LogP contribution in [-0.2, 0) is 6.42 Å². The van der Waals surface area contributed by atoms with Crippen molar-refractivity contribution in [1.82, 2.24) is 10.2 Å². The fourth-order valence-electron chi connectivity index (χ4n) is 1.26. The number of halogens is 1. The third-order valence-corrected chi connectivity index (χ3v) is 4.10. The first-order valence-electron chi connectivity index (χ1n) is 4.72. The van der Waals surface area contributed by atoms with Gasteiger partial charge in [-0.25, -0.2) is 0 Å². The van der Waals surface area contributed by atoms with Gasteiger partial charge in [-0.05, 0) is 30.7 Å². The van der Waals surface area contributed by atoms with Gasteiger partial charge in [0.2, 0.25) is 0 Å². The Morgan fingerprint density at radius 1 is 1.44 bits per heavy atom. The summed E-state index contributed by atoms with van der Waals surface area (Å²) >= 11 is 9.23. The van der Waals surface area contributed by atoms with Crippen LogP contribution in [0, 0.1) is 0 Å². The molecule has 1 heterocycles. The Bertz CT molecular complexity index is 459. The van der Waals surface area contributed by atoms with Crippen molar-refractivity contribution in [3.8, 4) is 0 Å². The van der Waals surface area contributed by atoms with Crippen molar-refractivity contribution in [2.75, 3.05) is 6.54 Å². The Morgan fingerprint density at radius 3 is 2.94 bits per heavy atom. The van der Waals surface area contributed by atoms with E-state index < -0.39 is 0 Å². The van der Waals surface area contributed by atoms with Crippen LogP contribution in [0.3, 0.4) is 0 Å². The molecule has 0 unspecified atom stereocenters. The zero-order valence-electron chi connectivity index (χ0n) is 8.39. The molecule has 2 aromatic rings. The van der Waals surface area contributed by atoms with Crippen LogP contribution in [0.2, 0.25) is 5.02 Å². The third kappa shape index (κ3) is 2.95. The second-order valence-electron chi connectivity index (χ2n) is 3.10. The monoisotopic (exact) mass is 271 g/mol. The zero-order valence-corrected chi connectivity index (χ0v) is 10.8. The summed E-state index contributed by atoms with van der Waals surface area (Å²) in [5.41, 5.74) is 8.30. The molecule has 0 atom stereocenters. The topological polar surface area (TPSA) is 51.8 Å². The van der Waals surface area contributed by atoms with Crippen LogP contribution in [0.4, 0.5) is 0 Å². The molecule has 2 N–H and O–H groups in total. The van der Waals surface area contributed by atoms with Gasteiger partial charge < -0.3 is 5.73 Å². The van der Waals surface area contributed by atoms with E-state index in [1.807, 2.05) is 18.2 Å². The molecule has 16 heavy (non-hydrogen) atoms. The minimum Gasteiger partial charge on any atom is -0.330 e. The maximum atomic E-state index is 6.15. The molecule has 84 valence electrons. The van der Waals surface area contributed by atoms with Gasteiger partial charge in [0.1, 0.15) is 5.51 Å². The van der Waals surface area contributed by atoms with E-state index in [1.165, 1.54) is 11.3 Å². The molecule has 2 rings (SSSR count). The van der Waals surface area contributed by atoms with Gasteiger partial charge in [-0.1, -0.05) is 40.8 Å². The van der Waals surface area contributed by atoms with Crippen molar-refractivity contribution in [1.29, 1.82) is 0 Å². The predicted octanol–water partition coefficient (Wildman–Crippen LogP) is 2.84. The van der Waals surface area contributed by atoms with E-state index in [9.17, 15) is 0 Å². The number of aromatic nitrogens is 2. The van der Waals surface area contributed by atoms with Gasteiger partial charge in [0.05, 0.1) is 0 Å². The average Bonchev–Trinajstić information content (AvgIpc) is 2.75. The number of benzene rings is 1. The van der Waals surface area contributed by atoms with Crippen molar-refractivity contribution in [2.24, 2.45) is 5.73 Å². The predicted molar refractivity (Wildman–Crippen MR) is 68.2 cm³/mol. The van der Waals surface area contributed by atoms with Gasteiger partial charge in [0.25, 0.3) is 0 Å². The highest BCUT2D eigenvalue weighted by atomic mass is 35.5. The van der Waals surface area contributed by atoms with Crippen LogP contribution in [0.5, 0.6) is 0 Å². The summed E-state index contributed by atoms with van der Waals surface area (Å²) in [5.74, 6) is 0. The van der Waals surface area contributed by atoms with Gasteiger partial charge in [-0.15, -0.1) is 10.2 Å². The smallest absolute Gasteiger partial charge is 0.178 e. The molecule has 0 spiro atoms. The minimum absolute atomic E-state index is 0.614. The second-order valence-corrected chi connectivity index (χ2v) is 5.66. The summed E-state index contributed by atoms with van der Waals surface area (Å²) in [6.45, 7) is 0.614. The Labute approximate surface area is 107 Å². The summed E-state index contributed by atoms with van der Waals surface area (Å²) in [7, 11) is 0. The van der Waals surface area contributed by atoms with Crippen LogP contribution in [-0.4, -0.2) is 16.7 Å². The van der Waals surface area contributed by atoms with Gasteiger partial charge in [-0.3, -0.25) is 0 Å². The van der Waals surface area contributed by atoms with E-state index in [0.29, 0.717) is 6.54 Å². The summed E-state index contributed by atoms with van der Waals surface area (Å²) in [5, 5.41) is 8.52. The van der Waals surface area contributed by atoms with E-state index in [0.717, 1.165) is 26.2 Å². The quantitative estimate of drug-likeness (QED) is 0.929. The lowest BCUT2D eigenvalue weighted by Gasteiger charge is -2.04. The molecule has 0 aliphatic carbocycles. The summed E-state index contributed by atoms with van der Waals surface area (Å²) < 4.78 is 0.919. The number of hydrogen-bond acceptors (Lipinski definition) is 5. The summed E-state index contributed by atoms with van der Waals surface area (Å²) in [4.78, 5) is 1.07. The van der Waals surface area contributed by atoms with Gasteiger partial charge in [-0.2, -0.15) is 0 Å². The third-order valence-electron chi connectivity index (χ3n) is 1.98. The Hall–Kier alpha value is -0.620. The molecule has 1 aromatic heterocycles. The number of rotatable bonds is 4. The van der Waals surface area contributed by atoms with Crippen molar-refractivity contribution in [2.45, 2.75) is 15.7 Å². The molecule has 0 bridgehead atoms. The highest BCUT2D eigenvalue weighted by molar-refractivity contribution is 8.01. The first kappa shape index (κ1) is 11.9. The maximum absolute atomic E-state index is 6.15. The van der Waals surface area contributed by atoms with Gasteiger partial charge in [0, 0.05) is 9.92 Å². The van der Waals surface area contributed by atoms with Crippen molar-refractivity contribution >= 4 is 34.7 Å². The Morgan fingerprint density at radius 2 is 2.31 bits per heavy atom. The van der Waals surface area contributed by atoms with Crippen LogP contribution in [0.15, 0.2) is 32.9 Å². The van der Waals surface area contributed by atoms with E-state index in [-0.39, 0.29) is 0 Å². The average molecular weight is 272 g/mol. The number of nitrogens with zero attached hydrogens (tertiary/aromatic N) is 2. The molecular weight excluding hydrogens is 262 g/mol. The van der Waals surface area contributed by atoms with Crippen molar-refractivity contribution in [3.05, 3.63) is 34.3 Å². The molecule has 0 radical (unpaired) electrons. The molecule has 0 saturated heterocycles. The lowest BCUT2D eigenvalue weighted by Crippen LogP contribution is -2.02. The molecule has 3 nitrogen and oxygen atoms in total. The fraction of sp³-hybridized carbons (Fsp3) is 0.200. The number of nitrogens with two attached hydrogens (primary N) is 1. The Balaban J connectivity index is 2.15. The zero-order chi connectivity index (χ0) is 11.4. The van der Waals surface area contributed by atoms with Crippen molar-refractivity contribution < 1.29 is 0 Å². The molecule has 0 amide bonds. The van der Waals surface area contributed by atoms with E-state index in [4.69, 9.17) is 17.3 Å². The summed E-state index contributed by atoms with van der Waals surface area (Å²) in [6.07, 6.45) is 0.808. The molecule has 0 aliphatic rings. The largest absolute Gasteiger partial charge is 0.330 e. The molecular formula is C10H10ClN3S2. The van der Waals surface area contributed by atoms with Crippen LogP contribution in [0.1, 0.15) is 5.56 Å².